The summed E-state index contributed by atoms with van der Waals surface area (Å²) in [6, 6.07) is 7.94. The quantitative estimate of drug-likeness (QED) is 0.818. The lowest BCUT2D eigenvalue weighted by Gasteiger charge is -2.08. The fraction of sp³-hybridized carbons (Fsp3) is 0.267. The second-order valence-corrected chi connectivity index (χ2v) is 6.72. The maximum atomic E-state index is 12.1. The third-order valence-electron chi connectivity index (χ3n) is 2.83. The van der Waals surface area contributed by atoms with E-state index in [9.17, 15) is 4.79 Å². The summed E-state index contributed by atoms with van der Waals surface area (Å²) in [6.45, 7) is 5.55. The Kier molecular flexibility index (Phi) is 4.50. The highest BCUT2D eigenvalue weighted by molar-refractivity contribution is 9.10. The molecule has 0 aliphatic rings. The first-order valence-corrected chi connectivity index (χ1v) is 7.87. The number of nitrogen functional groups attached to an aromatic ring is 1. The van der Waals surface area contributed by atoms with Gasteiger partial charge in [-0.2, -0.15) is 0 Å². The smallest absolute Gasteiger partial charge is 0.341 e. The summed E-state index contributed by atoms with van der Waals surface area (Å²) in [5.41, 5.74) is 8.40. The van der Waals surface area contributed by atoms with Crippen molar-refractivity contribution in [3.8, 4) is 10.4 Å². The van der Waals surface area contributed by atoms with E-state index in [1.54, 1.807) is 0 Å². The highest BCUT2D eigenvalue weighted by atomic mass is 79.9. The topological polar surface area (TPSA) is 52.3 Å². The highest BCUT2D eigenvalue weighted by Crippen LogP contribution is 2.38. The zero-order valence-corrected chi connectivity index (χ0v) is 14.0. The average molecular weight is 354 g/mol. The number of carbonyl (C=O) groups is 1. The van der Waals surface area contributed by atoms with Gasteiger partial charge in [-0.15, -0.1) is 11.3 Å². The van der Waals surface area contributed by atoms with Gasteiger partial charge in [0.05, 0.1) is 11.7 Å². The lowest BCUT2D eigenvalue weighted by Crippen LogP contribution is -2.13. The molecule has 0 spiro atoms. The number of halogens is 1. The molecule has 0 aliphatic heterocycles. The van der Waals surface area contributed by atoms with Gasteiger partial charge in [-0.05, 0) is 44.0 Å². The Balaban J connectivity index is 2.43. The number of anilines is 1. The highest BCUT2D eigenvalue weighted by Gasteiger charge is 2.22. The van der Waals surface area contributed by atoms with E-state index in [1.165, 1.54) is 11.3 Å². The van der Waals surface area contributed by atoms with Crippen LogP contribution in [-0.2, 0) is 4.74 Å². The van der Waals surface area contributed by atoms with Crippen LogP contribution in [-0.4, -0.2) is 12.1 Å². The van der Waals surface area contributed by atoms with Crippen molar-refractivity contribution in [2.24, 2.45) is 0 Å². The van der Waals surface area contributed by atoms with Gasteiger partial charge in [0.1, 0.15) is 5.00 Å². The predicted octanol–water partition coefficient (Wildman–Crippen LogP) is 4.63. The molecule has 0 aliphatic carbocycles. The molecule has 1 aromatic heterocycles. The van der Waals surface area contributed by atoms with E-state index in [0.29, 0.717) is 10.6 Å². The van der Waals surface area contributed by atoms with Crippen molar-refractivity contribution in [3.63, 3.8) is 0 Å². The molecule has 3 nitrogen and oxygen atoms in total. The number of hydrogen-bond acceptors (Lipinski definition) is 4. The molecular weight excluding hydrogens is 338 g/mol. The Bertz CT molecular complexity index is 632. The standard InChI is InChI=1S/C15H16BrNO2S/c1-8(2)19-15(18)12-9(3)13(20-14(12)17)10-4-6-11(16)7-5-10/h4-8H,17H2,1-3H3. The lowest BCUT2D eigenvalue weighted by molar-refractivity contribution is 0.0379. The summed E-state index contributed by atoms with van der Waals surface area (Å²) in [5.74, 6) is -0.352. The van der Waals surface area contributed by atoms with E-state index < -0.39 is 0 Å². The number of carbonyl (C=O) groups excluding carboxylic acids is 1. The normalized spacial score (nSPS) is 10.8. The maximum absolute atomic E-state index is 12.1. The molecule has 2 rings (SSSR count). The van der Waals surface area contributed by atoms with Crippen LogP contribution in [0.1, 0.15) is 29.8 Å². The fourth-order valence-electron chi connectivity index (χ4n) is 1.94. The van der Waals surface area contributed by atoms with Crippen LogP contribution in [0.4, 0.5) is 5.00 Å². The van der Waals surface area contributed by atoms with Crippen molar-refractivity contribution in [2.75, 3.05) is 5.73 Å². The average Bonchev–Trinajstić information content (AvgIpc) is 2.65. The van der Waals surface area contributed by atoms with Crippen molar-refractivity contribution in [1.29, 1.82) is 0 Å². The van der Waals surface area contributed by atoms with E-state index >= 15 is 0 Å². The zero-order chi connectivity index (χ0) is 14.9. The molecular formula is C15H16BrNO2S. The zero-order valence-electron chi connectivity index (χ0n) is 11.6. The minimum absolute atomic E-state index is 0.155. The van der Waals surface area contributed by atoms with Gasteiger partial charge < -0.3 is 10.5 Å². The summed E-state index contributed by atoms with van der Waals surface area (Å²) in [6.07, 6.45) is -0.155. The molecule has 20 heavy (non-hydrogen) atoms. The Labute approximate surface area is 130 Å². The Morgan fingerprint density at radius 2 is 1.90 bits per heavy atom. The number of esters is 1. The van der Waals surface area contributed by atoms with Gasteiger partial charge in [0.15, 0.2) is 0 Å². The molecule has 0 bridgehead atoms. The van der Waals surface area contributed by atoms with Crippen LogP contribution in [0.2, 0.25) is 0 Å². The van der Waals surface area contributed by atoms with Crippen LogP contribution in [0.3, 0.4) is 0 Å². The molecule has 0 fully saturated rings. The molecule has 106 valence electrons. The Morgan fingerprint density at radius 3 is 2.45 bits per heavy atom. The van der Waals surface area contributed by atoms with Gasteiger partial charge in [-0.25, -0.2) is 4.79 Å². The van der Waals surface area contributed by atoms with Crippen molar-refractivity contribution < 1.29 is 9.53 Å². The minimum Gasteiger partial charge on any atom is -0.459 e. The molecule has 0 saturated carbocycles. The van der Waals surface area contributed by atoms with Gasteiger partial charge in [-0.1, -0.05) is 28.1 Å². The SMILES string of the molecule is Cc1c(-c2ccc(Br)cc2)sc(N)c1C(=O)OC(C)C. The molecule has 5 heteroatoms. The number of hydrogen-bond donors (Lipinski definition) is 1. The molecule has 0 radical (unpaired) electrons. The van der Waals surface area contributed by atoms with Crippen molar-refractivity contribution in [2.45, 2.75) is 26.9 Å². The third-order valence-corrected chi connectivity index (χ3v) is 4.53. The third kappa shape index (κ3) is 3.04. The number of nitrogens with two attached hydrogens (primary N) is 1. The molecule has 1 aromatic carbocycles. The molecule has 2 aromatic rings. The van der Waals surface area contributed by atoms with E-state index in [4.69, 9.17) is 10.5 Å². The van der Waals surface area contributed by atoms with Crippen LogP contribution in [0.5, 0.6) is 0 Å². The summed E-state index contributed by atoms with van der Waals surface area (Å²) in [4.78, 5) is 13.1. The van der Waals surface area contributed by atoms with Crippen molar-refractivity contribution >= 4 is 38.2 Å². The summed E-state index contributed by atoms with van der Waals surface area (Å²) in [5, 5.41) is 0.506. The first-order valence-electron chi connectivity index (χ1n) is 6.26. The van der Waals surface area contributed by atoms with Gasteiger partial charge in [0, 0.05) is 9.35 Å². The molecule has 0 amide bonds. The lowest BCUT2D eigenvalue weighted by atomic mass is 10.1. The Hall–Kier alpha value is -1.33. The summed E-state index contributed by atoms with van der Waals surface area (Å²) in [7, 11) is 0. The number of thiophene rings is 1. The molecule has 0 atom stereocenters. The molecule has 2 N–H and O–H groups in total. The van der Waals surface area contributed by atoms with E-state index in [0.717, 1.165) is 20.5 Å². The van der Waals surface area contributed by atoms with Crippen LogP contribution >= 0.6 is 27.3 Å². The van der Waals surface area contributed by atoms with Gasteiger partial charge in [0.2, 0.25) is 0 Å². The van der Waals surface area contributed by atoms with Gasteiger partial charge in [-0.3, -0.25) is 0 Å². The number of ether oxygens (including phenoxy) is 1. The largest absolute Gasteiger partial charge is 0.459 e. The minimum atomic E-state index is -0.352. The van der Waals surface area contributed by atoms with E-state index in [2.05, 4.69) is 15.9 Å². The van der Waals surface area contributed by atoms with Gasteiger partial charge in [0.25, 0.3) is 0 Å². The number of benzene rings is 1. The first-order chi connectivity index (χ1) is 9.40. The first kappa shape index (κ1) is 15.1. The van der Waals surface area contributed by atoms with Crippen LogP contribution in [0, 0.1) is 6.92 Å². The summed E-state index contributed by atoms with van der Waals surface area (Å²) >= 11 is 4.83. The summed E-state index contributed by atoms with van der Waals surface area (Å²) < 4.78 is 6.26. The predicted molar refractivity (Wildman–Crippen MR) is 87.2 cm³/mol. The van der Waals surface area contributed by atoms with E-state index in [1.807, 2.05) is 45.0 Å². The number of rotatable bonds is 3. The molecule has 1 heterocycles. The maximum Gasteiger partial charge on any atom is 0.341 e. The van der Waals surface area contributed by atoms with E-state index in [-0.39, 0.29) is 12.1 Å². The Morgan fingerprint density at radius 1 is 1.30 bits per heavy atom. The van der Waals surface area contributed by atoms with Crippen molar-refractivity contribution in [3.05, 3.63) is 39.9 Å². The van der Waals surface area contributed by atoms with Crippen LogP contribution < -0.4 is 5.73 Å². The second kappa shape index (κ2) is 5.97. The van der Waals surface area contributed by atoms with Crippen molar-refractivity contribution in [1.82, 2.24) is 0 Å². The second-order valence-electron chi connectivity index (χ2n) is 4.76. The van der Waals surface area contributed by atoms with Crippen LogP contribution in [0.15, 0.2) is 28.7 Å². The van der Waals surface area contributed by atoms with Gasteiger partial charge >= 0.3 is 5.97 Å². The molecule has 0 saturated heterocycles. The molecule has 0 unspecified atom stereocenters. The monoisotopic (exact) mass is 353 g/mol. The van der Waals surface area contributed by atoms with Crippen LogP contribution in [0.25, 0.3) is 10.4 Å². The fourth-order valence-corrected chi connectivity index (χ4v) is 3.27.